The van der Waals surface area contributed by atoms with Gasteiger partial charge in [-0.3, -0.25) is 14.4 Å². The number of carbonyl (C=O) groups is 3. The zero-order valence-electron chi connectivity index (χ0n) is 23.6. The lowest BCUT2D eigenvalue weighted by Crippen LogP contribution is -2.56. The fourth-order valence-corrected chi connectivity index (χ4v) is 7.09. The summed E-state index contributed by atoms with van der Waals surface area (Å²) in [7, 11) is 1.72. The minimum absolute atomic E-state index is 0.0146. The van der Waals surface area contributed by atoms with Gasteiger partial charge in [-0.2, -0.15) is 0 Å². The molecule has 1 aromatic carbocycles. The van der Waals surface area contributed by atoms with Crippen molar-refractivity contribution in [2.75, 3.05) is 33.3 Å². The van der Waals surface area contributed by atoms with Crippen LogP contribution in [0.4, 0.5) is 0 Å². The van der Waals surface area contributed by atoms with Gasteiger partial charge in [0.15, 0.2) is 0 Å². The average molecular weight is 538 g/mol. The Morgan fingerprint density at radius 2 is 1.82 bits per heavy atom. The monoisotopic (exact) mass is 537 g/mol. The largest absolute Gasteiger partial charge is 0.396 e. The van der Waals surface area contributed by atoms with E-state index in [2.05, 4.69) is 20.1 Å². The van der Waals surface area contributed by atoms with Crippen LogP contribution in [0, 0.1) is 17.8 Å². The number of aliphatic hydroxyl groups is 1. The molecule has 3 saturated heterocycles. The highest BCUT2D eigenvalue weighted by atomic mass is 16.5. The van der Waals surface area contributed by atoms with E-state index in [1.54, 1.807) is 33.9 Å². The molecule has 2 bridgehead atoms. The lowest BCUT2D eigenvalue weighted by atomic mass is 9.62. The maximum atomic E-state index is 14.5. The van der Waals surface area contributed by atoms with Crippen LogP contribution >= 0.6 is 0 Å². The van der Waals surface area contributed by atoms with Crippen molar-refractivity contribution < 1.29 is 24.2 Å². The SMILES string of the molecule is C=CCN(C)C(=O)[C@H]1[C@H]2C(=O)N(CCCCCO)C(C(=O)N(CC=C)Cc3ccccc3)C23CC(C)[C@]1(C)O3. The summed E-state index contributed by atoms with van der Waals surface area (Å²) in [5.41, 5.74) is -0.946. The minimum Gasteiger partial charge on any atom is -0.396 e. The number of likely N-dealkylation sites (N-methyl/N-ethyl adjacent to an activating group) is 1. The van der Waals surface area contributed by atoms with Gasteiger partial charge in [0.1, 0.15) is 11.6 Å². The highest BCUT2D eigenvalue weighted by molar-refractivity contribution is 5.99. The van der Waals surface area contributed by atoms with E-state index in [-0.39, 0.29) is 30.2 Å². The van der Waals surface area contributed by atoms with Crippen LogP contribution in [-0.2, 0) is 25.7 Å². The number of carbonyl (C=O) groups excluding carboxylic acids is 3. The van der Waals surface area contributed by atoms with Gasteiger partial charge in [-0.1, -0.05) is 49.4 Å². The predicted molar refractivity (Wildman–Crippen MR) is 149 cm³/mol. The summed E-state index contributed by atoms with van der Waals surface area (Å²) >= 11 is 0. The molecule has 39 heavy (non-hydrogen) atoms. The number of rotatable bonds is 13. The number of amides is 3. The van der Waals surface area contributed by atoms with E-state index in [9.17, 15) is 19.5 Å². The van der Waals surface area contributed by atoms with Gasteiger partial charge in [0.25, 0.3) is 0 Å². The summed E-state index contributed by atoms with van der Waals surface area (Å²) in [6.07, 6.45) is 5.92. The molecule has 1 aromatic rings. The molecule has 8 heteroatoms. The molecule has 3 amide bonds. The van der Waals surface area contributed by atoms with Crippen molar-refractivity contribution in [3.63, 3.8) is 0 Å². The van der Waals surface area contributed by atoms with Crippen LogP contribution in [0.1, 0.15) is 45.1 Å². The molecule has 6 atom stereocenters. The number of hydrogen-bond acceptors (Lipinski definition) is 5. The molecule has 3 aliphatic rings. The molecule has 1 N–H and O–H groups in total. The Kier molecular flexibility index (Phi) is 8.66. The summed E-state index contributed by atoms with van der Waals surface area (Å²) in [6, 6.07) is 8.92. The third kappa shape index (κ3) is 4.93. The van der Waals surface area contributed by atoms with Crippen molar-refractivity contribution in [3.05, 3.63) is 61.2 Å². The predicted octanol–water partition coefficient (Wildman–Crippen LogP) is 3.02. The van der Waals surface area contributed by atoms with Crippen molar-refractivity contribution in [1.82, 2.24) is 14.7 Å². The maximum Gasteiger partial charge on any atom is 0.248 e. The molecular formula is C31H43N3O5. The first-order valence-electron chi connectivity index (χ1n) is 14.1. The first-order chi connectivity index (χ1) is 18.7. The average Bonchev–Trinajstić information content (AvgIpc) is 3.43. The Labute approximate surface area is 232 Å². The van der Waals surface area contributed by atoms with E-state index in [4.69, 9.17) is 4.74 Å². The van der Waals surface area contributed by atoms with Gasteiger partial charge < -0.3 is 24.5 Å². The highest BCUT2D eigenvalue weighted by Gasteiger charge is 2.80. The normalized spacial score (nSPS) is 30.8. The third-order valence-corrected chi connectivity index (χ3v) is 9.03. The standard InChI is InChI=1S/C31H43N3O5/c1-6-16-32(5)27(36)24-25-28(37)34(18-12-9-13-19-35)26(31(25)20-22(3)30(24,4)39-31)29(38)33(17-7-2)21-23-14-10-8-11-15-23/h6-8,10-11,14-15,22,24-26,35H,1-2,9,12-13,16-21H2,3-5H3/t22?,24-,25+,26?,30+,31?/m1/s1. The summed E-state index contributed by atoms with van der Waals surface area (Å²) < 4.78 is 6.84. The van der Waals surface area contributed by atoms with Gasteiger partial charge in [0.05, 0.1) is 17.4 Å². The van der Waals surface area contributed by atoms with Crippen LogP contribution in [0.15, 0.2) is 55.6 Å². The number of hydrogen-bond donors (Lipinski definition) is 1. The van der Waals surface area contributed by atoms with Crippen molar-refractivity contribution in [2.24, 2.45) is 17.8 Å². The van der Waals surface area contributed by atoms with Crippen molar-refractivity contribution in [3.8, 4) is 0 Å². The molecule has 3 heterocycles. The van der Waals surface area contributed by atoms with Crippen molar-refractivity contribution >= 4 is 17.7 Å². The van der Waals surface area contributed by atoms with E-state index >= 15 is 0 Å². The first kappa shape index (κ1) is 29.0. The third-order valence-electron chi connectivity index (χ3n) is 9.03. The highest BCUT2D eigenvalue weighted by Crippen LogP contribution is 2.65. The first-order valence-corrected chi connectivity index (χ1v) is 14.1. The molecule has 0 radical (unpaired) electrons. The number of nitrogens with zero attached hydrogens (tertiary/aromatic N) is 3. The van der Waals surface area contributed by atoms with E-state index in [0.717, 1.165) is 12.0 Å². The molecule has 212 valence electrons. The Morgan fingerprint density at radius 3 is 2.46 bits per heavy atom. The Balaban J connectivity index is 1.75. The summed E-state index contributed by atoms with van der Waals surface area (Å²) in [5, 5.41) is 9.27. The van der Waals surface area contributed by atoms with E-state index in [1.807, 2.05) is 37.3 Å². The van der Waals surface area contributed by atoms with Crippen LogP contribution in [0.5, 0.6) is 0 Å². The number of ether oxygens (including phenoxy) is 1. The maximum absolute atomic E-state index is 14.5. The Hall–Kier alpha value is -2.97. The second kappa shape index (κ2) is 11.6. The van der Waals surface area contributed by atoms with Crippen LogP contribution in [-0.4, -0.2) is 88.1 Å². The molecule has 3 fully saturated rings. The zero-order chi connectivity index (χ0) is 28.4. The van der Waals surface area contributed by atoms with E-state index in [0.29, 0.717) is 45.4 Å². The van der Waals surface area contributed by atoms with Gasteiger partial charge in [0, 0.05) is 39.8 Å². The molecular weight excluding hydrogens is 494 g/mol. The fourth-order valence-electron chi connectivity index (χ4n) is 7.09. The molecule has 8 nitrogen and oxygen atoms in total. The number of unbranched alkanes of at least 4 members (excludes halogenated alkanes) is 2. The molecule has 0 aromatic heterocycles. The van der Waals surface area contributed by atoms with Crippen LogP contribution < -0.4 is 0 Å². The summed E-state index contributed by atoms with van der Waals surface area (Å²) in [4.78, 5) is 47.6. The molecule has 1 spiro atoms. The lowest BCUT2D eigenvalue weighted by molar-refractivity contribution is -0.154. The Bertz CT molecular complexity index is 1090. The van der Waals surface area contributed by atoms with Gasteiger partial charge in [-0.05, 0) is 44.1 Å². The molecule has 0 saturated carbocycles. The molecule has 3 aliphatic heterocycles. The van der Waals surface area contributed by atoms with Gasteiger partial charge in [0.2, 0.25) is 17.7 Å². The smallest absolute Gasteiger partial charge is 0.248 e. The lowest BCUT2D eigenvalue weighted by Gasteiger charge is -2.38. The van der Waals surface area contributed by atoms with E-state index < -0.39 is 29.1 Å². The van der Waals surface area contributed by atoms with Crippen LogP contribution in [0.2, 0.25) is 0 Å². The number of likely N-dealkylation sites (tertiary alicyclic amines) is 1. The van der Waals surface area contributed by atoms with Gasteiger partial charge >= 0.3 is 0 Å². The second-order valence-corrected chi connectivity index (χ2v) is 11.5. The quantitative estimate of drug-likeness (QED) is 0.309. The fraction of sp³-hybridized carbons (Fsp3) is 0.581. The Morgan fingerprint density at radius 1 is 1.13 bits per heavy atom. The topological polar surface area (TPSA) is 90.4 Å². The van der Waals surface area contributed by atoms with Crippen molar-refractivity contribution in [2.45, 2.75) is 63.3 Å². The van der Waals surface area contributed by atoms with Gasteiger partial charge in [-0.25, -0.2) is 0 Å². The molecule has 0 aliphatic carbocycles. The second-order valence-electron chi connectivity index (χ2n) is 11.5. The van der Waals surface area contributed by atoms with E-state index in [1.165, 1.54) is 0 Å². The number of fused-ring (bicyclic) bond motifs is 1. The molecule has 3 unspecified atom stereocenters. The number of aliphatic hydroxyl groups excluding tert-OH is 1. The van der Waals surface area contributed by atoms with Crippen molar-refractivity contribution in [1.29, 1.82) is 0 Å². The number of benzene rings is 1. The molecule has 4 rings (SSSR count). The van der Waals surface area contributed by atoms with Crippen LogP contribution in [0.3, 0.4) is 0 Å². The summed E-state index contributed by atoms with van der Waals surface area (Å²) in [6.45, 7) is 13.2. The van der Waals surface area contributed by atoms with Crippen LogP contribution in [0.25, 0.3) is 0 Å². The zero-order valence-corrected chi connectivity index (χ0v) is 23.6. The minimum atomic E-state index is -1.08. The van der Waals surface area contributed by atoms with Gasteiger partial charge in [-0.15, -0.1) is 13.2 Å². The summed E-state index contributed by atoms with van der Waals surface area (Å²) in [5.74, 6) is -1.94.